The van der Waals surface area contributed by atoms with Crippen LogP contribution in [0.15, 0.2) is 67.0 Å². The van der Waals surface area contributed by atoms with E-state index >= 15 is 0 Å². The molecule has 206 valence electrons. The Balaban J connectivity index is 1.15. The summed E-state index contributed by atoms with van der Waals surface area (Å²) < 4.78 is 7.24. The van der Waals surface area contributed by atoms with Crippen LogP contribution in [0.1, 0.15) is 18.4 Å². The Kier molecular flexibility index (Phi) is 7.69. The van der Waals surface area contributed by atoms with Crippen molar-refractivity contribution >= 4 is 23.4 Å². The molecule has 2 aromatic carbocycles. The first kappa shape index (κ1) is 26.0. The van der Waals surface area contributed by atoms with Gasteiger partial charge in [0.15, 0.2) is 0 Å². The average molecular weight is 539 g/mol. The Morgan fingerprint density at radius 1 is 1.05 bits per heavy atom. The largest absolute Gasteiger partial charge is 0.379 e. The van der Waals surface area contributed by atoms with Crippen molar-refractivity contribution in [2.45, 2.75) is 25.3 Å². The summed E-state index contributed by atoms with van der Waals surface area (Å²) in [6.45, 7) is 4.64. The lowest BCUT2D eigenvalue weighted by atomic mass is 10.1. The molecule has 40 heavy (non-hydrogen) atoms. The van der Waals surface area contributed by atoms with Crippen LogP contribution >= 0.6 is 0 Å². The molecule has 0 radical (unpaired) electrons. The van der Waals surface area contributed by atoms with Crippen LogP contribution in [-0.2, 0) is 18.2 Å². The van der Waals surface area contributed by atoms with Crippen LogP contribution in [0.4, 0.5) is 22.1 Å². The summed E-state index contributed by atoms with van der Waals surface area (Å²) in [4.78, 5) is 23.8. The monoisotopic (exact) mass is 538 g/mol. The molecule has 2 fully saturated rings. The molecule has 2 aliphatic rings. The molecule has 0 atom stereocenters. The van der Waals surface area contributed by atoms with E-state index in [-0.39, 0.29) is 6.03 Å². The Morgan fingerprint density at radius 3 is 2.67 bits per heavy atom. The number of carbonyl (C=O) groups excluding carboxylic acids is 1. The second kappa shape index (κ2) is 11.8. The van der Waals surface area contributed by atoms with E-state index in [9.17, 15) is 4.79 Å². The summed E-state index contributed by atoms with van der Waals surface area (Å²) in [5.41, 5.74) is 6.38. The predicted octanol–water partition coefficient (Wildman–Crippen LogP) is 4.45. The van der Waals surface area contributed by atoms with E-state index in [4.69, 9.17) is 14.8 Å². The van der Waals surface area contributed by atoms with Crippen molar-refractivity contribution < 1.29 is 9.53 Å². The lowest BCUT2D eigenvalue weighted by Gasteiger charge is -2.26. The number of anilines is 3. The number of carbonyl (C=O) groups is 1. The summed E-state index contributed by atoms with van der Waals surface area (Å²) in [6.07, 6.45) is 6.81. The SMILES string of the molecule is Cn1cc(-c2ccnc(Nc3cccc(CCN4CCOCC4)c3)n2)c(-c2ccc(NC(=O)NC3CC3)cc2)n1. The normalized spacial score (nSPS) is 15.5. The summed E-state index contributed by atoms with van der Waals surface area (Å²) in [6, 6.07) is 18.1. The number of nitrogens with zero attached hydrogens (tertiary/aromatic N) is 5. The molecule has 3 N–H and O–H groups in total. The summed E-state index contributed by atoms with van der Waals surface area (Å²) in [5.74, 6) is 0.527. The predicted molar refractivity (Wildman–Crippen MR) is 156 cm³/mol. The van der Waals surface area contributed by atoms with Gasteiger partial charge in [0.05, 0.1) is 18.9 Å². The summed E-state index contributed by atoms with van der Waals surface area (Å²) in [7, 11) is 1.90. The van der Waals surface area contributed by atoms with Gasteiger partial charge in [-0.05, 0) is 55.2 Å². The van der Waals surface area contributed by atoms with Gasteiger partial charge in [0.2, 0.25) is 5.95 Å². The Bertz CT molecular complexity index is 1460. The van der Waals surface area contributed by atoms with E-state index < -0.39 is 0 Å². The van der Waals surface area contributed by atoms with Crippen LogP contribution in [0.5, 0.6) is 0 Å². The maximum atomic E-state index is 12.1. The highest BCUT2D eigenvalue weighted by atomic mass is 16.5. The van der Waals surface area contributed by atoms with Crippen LogP contribution in [0.3, 0.4) is 0 Å². The second-order valence-corrected chi connectivity index (χ2v) is 10.3. The highest BCUT2D eigenvalue weighted by Gasteiger charge is 2.23. The minimum atomic E-state index is -0.169. The number of urea groups is 1. The fourth-order valence-electron chi connectivity index (χ4n) is 4.80. The molecule has 0 unspecified atom stereocenters. The van der Waals surface area contributed by atoms with Gasteiger partial charge in [0.1, 0.15) is 5.69 Å². The third kappa shape index (κ3) is 6.64. The van der Waals surface area contributed by atoms with Crippen molar-refractivity contribution in [1.82, 2.24) is 30.0 Å². The standard InChI is InChI=1S/C30H34N8O2/c1-37-20-26(28(36-37)22-5-7-23(8-6-22)33-30(39)34-24-9-10-24)27-11-13-31-29(35-27)32-25-4-2-3-21(19-25)12-14-38-15-17-40-18-16-38/h2-8,11,13,19-20,24H,9-10,12,14-18H2,1H3,(H,31,32,35)(H2,33,34,39). The minimum absolute atomic E-state index is 0.169. The molecule has 4 aromatic rings. The van der Waals surface area contributed by atoms with E-state index in [0.29, 0.717) is 12.0 Å². The highest BCUT2D eigenvalue weighted by Crippen LogP contribution is 2.31. The fraction of sp³-hybridized carbons (Fsp3) is 0.333. The Morgan fingerprint density at radius 2 is 1.88 bits per heavy atom. The van der Waals surface area contributed by atoms with E-state index in [0.717, 1.165) is 86.0 Å². The van der Waals surface area contributed by atoms with Crippen molar-refractivity contribution in [3.63, 3.8) is 0 Å². The Hall–Kier alpha value is -4.28. The molecule has 1 saturated carbocycles. The van der Waals surface area contributed by atoms with Gasteiger partial charge in [-0.3, -0.25) is 9.58 Å². The number of aromatic nitrogens is 4. The second-order valence-electron chi connectivity index (χ2n) is 10.3. The third-order valence-electron chi connectivity index (χ3n) is 7.09. The van der Waals surface area contributed by atoms with Gasteiger partial charge in [-0.15, -0.1) is 0 Å². The zero-order chi connectivity index (χ0) is 27.3. The van der Waals surface area contributed by atoms with Crippen molar-refractivity contribution in [1.29, 1.82) is 0 Å². The first-order chi connectivity index (χ1) is 19.6. The molecule has 0 bridgehead atoms. The van der Waals surface area contributed by atoms with Crippen LogP contribution in [0, 0.1) is 0 Å². The maximum absolute atomic E-state index is 12.1. The van der Waals surface area contributed by atoms with Crippen LogP contribution < -0.4 is 16.0 Å². The number of nitrogens with one attached hydrogen (secondary N) is 3. The number of rotatable bonds is 9. The molecular weight excluding hydrogens is 504 g/mol. The Labute approximate surface area is 233 Å². The number of morpholine rings is 1. The number of benzene rings is 2. The van der Waals surface area contributed by atoms with Gasteiger partial charge >= 0.3 is 6.03 Å². The quantitative estimate of drug-likeness (QED) is 0.289. The number of hydrogen-bond acceptors (Lipinski definition) is 7. The average Bonchev–Trinajstić information content (AvgIpc) is 3.70. The molecule has 1 aliphatic heterocycles. The minimum Gasteiger partial charge on any atom is -0.379 e. The van der Waals surface area contributed by atoms with Crippen molar-refractivity contribution in [2.75, 3.05) is 43.5 Å². The zero-order valence-electron chi connectivity index (χ0n) is 22.6. The van der Waals surface area contributed by atoms with Crippen molar-refractivity contribution in [2.24, 2.45) is 7.05 Å². The third-order valence-corrected chi connectivity index (χ3v) is 7.09. The first-order valence-electron chi connectivity index (χ1n) is 13.8. The first-order valence-corrected chi connectivity index (χ1v) is 13.8. The van der Waals surface area contributed by atoms with E-state index in [1.54, 1.807) is 10.9 Å². The van der Waals surface area contributed by atoms with Gasteiger partial charge in [-0.1, -0.05) is 24.3 Å². The van der Waals surface area contributed by atoms with Gasteiger partial charge < -0.3 is 20.7 Å². The van der Waals surface area contributed by atoms with Crippen LogP contribution in [0.25, 0.3) is 22.5 Å². The molecule has 1 aliphatic carbocycles. The number of amides is 2. The zero-order valence-corrected chi connectivity index (χ0v) is 22.6. The van der Waals surface area contributed by atoms with E-state index in [1.807, 2.05) is 49.6 Å². The van der Waals surface area contributed by atoms with Gasteiger partial charge in [-0.25, -0.2) is 14.8 Å². The van der Waals surface area contributed by atoms with Gasteiger partial charge in [0, 0.05) is 67.6 Å². The maximum Gasteiger partial charge on any atom is 0.319 e. The molecule has 10 nitrogen and oxygen atoms in total. The van der Waals surface area contributed by atoms with Crippen molar-refractivity contribution in [3.8, 4) is 22.5 Å². The molecule has 2 aromatic heterocycles. The molecule has 1 saturated heterocycles. The summed E-state index contributed by atoms with van der Waals surface area (Å²) in [5, 5.41) is 13.9. The fourth-order valence-corrected chi connectivity index (χ4v) is 4.80. The van der Waals surface area contributed by atoms with Gasteiger partial charge in [0.25, 0.3) is 0 Å². The molecule has 0 spiro atoms. The summed E-state index contributed by atoms with van der Waals surface area (Å²) >= 11 is 0. The smallest absolute Gasteiger partial charge is 0.319 e. The topological polar surface area (TPSA) is 109 Å². The molecule has 2 amide bonds. The molecule has 3 heterocycles. The number of aryl methyl sites for hydroxylation is 1. The van der Waals surface area contributed by atoms with Crippen molar-refractivity contribution in [3.05, 3.63) is 72.6 Å². The van der Waals surface area contributed by atoms with Crippen LogP contribution in [0.2, 0.25) is 0 Å². The van der Waals surface area contributed by atoms with Gasteiger partial charge in [-0.2, -0.15) is 5.10 Å². The lowest BCUT2D eigenvalue weighted by molar-refractivity contribution is 0.0384. The molecule has 6 rings (SSSR count). The molecular formula is C30H34N8O2. The molecule has 10 heteroatoms. The van der Waals surface area contributed by atoms with E-state index in [2.05, 4.69) is 44.0 Å². The van der Waals surface area contributed by atoms with Crippen LogP contribution in [-0.4, -0.2) is 69.6 Å². The lowest BCUT2D eigenvalue weighted by Crippen LogP contribution is -2.37. The number of ether oxygens (including phenoxy) is 1. The highest BCUT2D eigenvalue weighted by molar-refractivity contribution is 5.90. The number of hydrogen-bond donors (Lipinski definition) is 3. The van der Waals surface area contributed by atoms with E-state index in [1.165, 1.54) is 5.56 Å².